The van der Waals surface area contributed by atoms with Crippen LogP contribution in [-0.4, -0.2) is 33.3 Å². The summed E-state index contributed by atoms with van der Waals surface area (Å²) in [4.78, 5) is 20.2. The molecule has 2 aromatic heterocycles. The van der Waals surface area contributed by atoms with Crippen LogP contribution < -0.4 is 11.1 Å². The Morgan fingerprint density at radius 3 is 2.64 bits per heavy atom. The Kier molecular flexibility index (Phi) is 8.89. The van der Waals surface area contributed by atoms with Crippen molar-refractivity contribution >= 4 is 17.3 Å². The van der Waals surface area contributed by atoms with Gasteiger partial charge in [0.2, 0.25) is 0 Å². The first kappa shape index (κ1) is 25.8. The molecule has 4 N–H and O–H groups in total. The number of rotatable bonds is 10. The Hall–Kier alpha value is -3.50. The molecule has 0 aliphatic rings. The molecule has 178 valence electrons. The van der Waals surface area contributed by atoms with Crippen molar-refractivity contribution in [1.29, 1.82) is 0 Å². The van der Waals surface area contributed by atoms with Crippen LogP contribution in [0.5, 0.6) is 0 Å². The number of ketones is 1. The molecule has 2 rings (SSSR count). The fourth-order valence-corrected chi connectivity index (χ4v) is 2.79. The normalized spacial score (nSPS) is 14.3. The van der Waals surface area contributed by atoms with Gasteiger partial charge in [-0.2, -0.15) is 18.3 Å². The summed E-state index contributed by atoms with van der Waals surface area (Å²) in [6.07, 6.45) is 0.888. The molecule has 0 saturated heterocycles. The number of aromatic nitrogens is 3. The van der Waals surface area contributed by atoms with Crippen LogP contribution in [0.15, 0.2) is 47.4 Å². The lowest BCUT2D eigenvalue weighted by Gasteiger charge is -2.12. The van der Waals surface area contributed by atoms with E-state index in [0.717, 1.165) is 18.7 Å². The standard InChI is InChI=1S/C22H26F4N6O/c1-4-13(2)12-28-8-5-15(20(31-14(3)27)17-7-10-30-32-17)11-18(33)16-6-9-29-21(19(16)23)22(24,25)26/h5-10,13,28H,4,11-12H2,1-3H3,(H2,27,31)(H,30,32)/b8-5-,20-15-/t13-/m1/s1. The SMILES string of the molecule is CC[C@@H](C)CN\C=C/C(CC(=O)c1ccnc(C(F)(F)F)c1F)=C(/N=C(/C)N)c1ccn[nH]1. The number of hydrogen-bond acceptors (Lipinski definition) is 5. The zero-order valence-corrected chi connectivity index (χ0v) is 18.5. The summed E-state index contributed by atoms with van der Waals surface area (Å²) in [5, 5.41) is 9.70. The van der Waals surface area contributed by atoms with Crippen molar-refractivity contribution in [2.24, 2.45) is 16.6 Å². The number of Topliss-reactive ketones (excluding diaryl/α,β-unsaturated/α-hetero) is 1. The number of H-pyrrole nitrogens is 1. The molecular weight excluding hydrogens is 440 g/mol. The maximum absolute atomic E-state index is 14.5. The summed E-state index contributed by atoms with van der Waals surface area (Å²) >= 11 is 0. The van der Waals surface area contributed by atoms with Crippen LogP contribution in [0.3, 0.4) is 0 Å². The second-order valence-electron chi connectivity index (χ2n) is 7.47. The lowest BCUT2D eigenvalue weighted by Crippen LogP contribution is -2.16. The van der Waals surface area contributed by atoms with Gasteiger partial charge in [0, 0.05) is 25.4 Å². The highest BCUT2D eigenvalue weighted by molar-refractivity contribution is 5.99. The molecule has 11 heteroatoms. The highest BCUT2D eigenvalue weighted by Gasteiger charge is 2.37. The first-order chi connectivity index (χ1) is 15.5. The van der Waals surface area contributed by atoms with Crippen LogP contribution in [0.4, 0.5) is 17.6 Å². The van der Waals surface area contributed by atoms with Crippen molar-refractivity contribution < 1.29 is 22.4 Å². The van der Waals surface area contributed by atoms with Crippen LogP contribution in [0.1, 0.15) is 55.4 Å². The van der Waals surface area contributed by atoms with Gasteiger partial charge in [-0.1, -0.05) is 20.3 Å². The van der Waals surface area contributed by atoms with E-state index in [0.29, 0.717) is 23.7 Å². The minimum Gasteiger partial charge on any atom is -0.391 e. The summed E-state index contributed by atoms with van der Waals surface area (Å²) in [6.45, 7) is 6.32. The molecular formula is C22H26F4N6O. The van der Waals surface area contributed by atoms with Gasteiger partial charge in [-0.3, -0.25) is 9.89 Å². The lowest BCUT2D eigenvalue weighted by atomic mass is 9.99. The van der Waals surface area contributed by atoms with Crippen LogP contribution in [0.2, 0.25) is 0 Å². The number of aromatic amines is 1. The zero-order valence-electron chi connectivity index (χ0n) is 18.5. The largest absolute Gasteiger partial charge is 0.436 e. The topological polar surface area (TPSA) is 109 Å². The third-order valence-electron chi connectivity index (χ3n) is 4.72. The number of aliphatic imine (C=N–C) groups is 1. The van der Waals surface area contributed by atoms with E-state index in [9.17, 15) is 22.4 Å². The molecule has 0 aromatic carbocycles. The van der Waals surface area contributed by atoms with E-state index < -0.39 is 35.5 Å². The fraction of sp³-hybridized carbons (Fsp3) is 0.364. The van der Waals surface area contributed by atoms with Gasteiger partial charge in [0.15, 0.2) is 17.3 Å². The Balaban J connectivity index is 2.49. The second kappa shape index (κ2) is 11.4. The number of nitrogens with one attached hydrogen (secondary N) is 2. The number of pyridine rings is 1. The maximum atomic E-state index is 14.5. The lowest BCUT2D eigenvalue weighted by molar-refractivity contribution is -0.143. The van der Waals surface area contributed by atoms with Crippen molar-refractivity contribution in [3.63, 3.8) is 0 Å². The first-order valence-corrected chi connectivity index (χ1v) is 10.2. The number of nitrogens with zero attached hydrogens (tertiary/aromatic N) is 3. The molecule has 0 bridgehead atoms. The molecule has 0 spiro atoms. The summed E-state index contributed by atoms with van der Waals surface area (Å²) < 4.78 is 53.6. The molecule has 0 saturated carbocycles. The predicted molar refractivity (Wildman–Crippen MR) is 118 cm³/mol. The van der Waals surface area contributed by atoms with E-state index >= 15 is 0 Å². The molecule has 7 nitrogen and oxygen atoms in total. The fourth-order valence-electron chi connectivity index (χ4n) is 2.79. The number of nitrogens with two attached hydrogens (primary N) is 1. The van der Waals surface area contributed by atoms with Crippen LogP contribution in [0, 0.1) is 11.7 Å². The molecule has 0 fully saturated rings. The van der Waals surface area contributed by atoms with E-state index in [2.05, 4.69) is 32.4 Å². The van der Waals surface area contributed by atoms with Crippen molar-refractivity contribution in [3.05, 3.63) is 65.1 Å². The van der Waals surface area contributed by atoms with Gasteiger partial charge in [-0.15, -0.1) is 0 Å². The van der Waals surface area contributed by atoms with E-state index in [1.54, 1.807) is 25.3 Å². The van der Waals surface area contributed by atoms with Crippen molar-refractivity contribution in [2.45, 2.75) is 39.8 Å². The van der Waals surface area contributed by atoms with Gasteiger partial charge in [-0.25, -0.2) is 14.4 Å². The van der Waals surface area contributed by atoms with Gasteiger partial charge in [0.1, 0.15) is 0 Å². The maximum Gasteiger partial charge on any atom is 0.436 e. The third-order valence-corrected chi connectivity index (χ3v) is 4.72. The molecule has 0 aliphatic heterocycles. The molecule has 0 unspecified atom stereocenters. The minimum atomic E-state index is -5.03. The summed E-state index contributed by atoms with van der Waals surface area (Å²) in [6, 6.07) is 2.52. The quantitative estimate of drug-likeness (QED) is 0.157. The van der Waals surface area contributed by atoms with E-state index in [1.165, 1.54) is 6.20 Å². The number of alkyl halides is 3. The number of amidine groups is 1. The molecule has 0 aliphatic carbocycles. The highest BCUT2D eigenvalue weighted by Crippen LogP contribution is 2.31. The van der Waals surface area contributed by atoms with Gasteiger partial charge >= 0.3 is 6.18 Å². The average Bonchev–Trinajstić information content (AvgIpc) is 3.27. The number of carbonyl (C=O) groups excluding carboxylic acids is 1. The first-order valence-electron chi connectivity index (χ1n) is 10.2. The monoisotopic (exact) mass is 466 g/mol. The number of carbonyl (C=O) groups is 1. The van der Waals surface area contributed by atoms with Crippen LogP contribution in [0.25, 0.3) is 5.70 Å². The Bertz CT molecular complexity index is 1040. The van der Waals surface area contributed by atoms with Crippen molar-refractivity contribution in [1.82, 2.24) is 20.5 Å². The number of allylic oxidation sites excluding steroid dienone is 2. The van der Waals surface area contributed by atoms with E-state index in [-0.39, 0.29) is 11.5 Å². The number of halogens is 4. The summed E-state index contributed by atoms with van der Waals surface area (Å²) in [5.41, 5.74) is 4.28. The van der Waals surface area contributed by atoms with Gasteiger partial charge in [-0.05, 0) is 42.8 Å². The minimum absolute atomic E-state index is 0.181. The van der Waals surface area contributed by atoms with E-state index in [1.807, 2.05) is 6.92 Å². The summed E-state index contributed by atoms with van der Waals surface area (Å²) in [7, 11) is 0. The summed E-state index contributed by atoms with van der Waals surface area (Å²) in [5.74, 6) is -2.01. The van der Waals surface area contributed by atoms with Gasteiger partial charge in [0.25, 0.3) is 0 Å². The Morgan fingerprint density at radius 1 is 1.33 bits per heavy atom. The molecule has 0 amide bonds. The van der Waals surface area contributed by atoms with Crippen LogP contribution in [-0.2, 0) is 6.18 Å². The number of hydrogen-bond donors (Lipinski definition) is 3. The van der Waals surface area contributed by atoms with Gasteiger partial charge < -0.3 is 11.1 Å². The van der Waals surface area contributed by atoms with Gasteiger partial charge in [0.05, 0.1) is 22.8 Å². The molecule has 0 radical (unpaired) electrons. The van der Waals surface area contributed by atoms with E-state index in [4.69, 9.17) is 5.73 Å². The molecule has 33 heavy (non-hydrogen) atoms. The predicted octanol–water partition coefficient (Wildman–Crippen LogP) is 4.47. The van der Waals surface area contributed by atoms with Crippen LogP contribution >= 0.6 is 0 Å². The average molecular weight is 466 g/mol. The van der Waals surface area contributed by atoms with Crippen molar-refractivity contribution in [2.75, 3.05) is 6.54 Å². The second-order valence-corrected chi connectivity index (χ2v) is 7.47. The molecule has 2 aromatic rings. The Morgan fingerprint density at radius 2 is 2.06 bits per heavy atom. The highest BCUT2D eigenvalue weighted by atomic mass is 19.4. The Labute approximate surface area is 188 Å². The third kappa shape index (κ3) is 7.26. The molecule has 1 atom stereocenters. The zero-order chi connectivity index (χ0) is 24.6. The molecule has 2 heterocycles. The smallest absolute Gasteiger partial charge is 0.391 e. The van der Waals surface area contributed by atoms with Crippen molar-refractivity contribution in [3.8, 4) is 0 Å².